The Balaban J connectivity index is 2.71. The standard InChI is InChI=1S/C9H12ClNO/c10-8(6-11)9(12)7-4-2-1-3-5-7/h1-5,8-9,12H,6,11H2/t8-,9+/m0/s1. The van der Waals surface area contributed by atoms with E-state index in [2.05, 4.69) is 0 Å². The van der Waals surface area contributed by atoms with Crippen molar-refractivity contribution in [3.63, 3.8) is 0 Å². The van der Waals surface area contributed by atoms with Crippen LogP contribution < -0.4 is 5.73 Å². The first-order valence-electron chi connectivity index (χ1n) is 3.83. The summed E-state index contributed by atoms with van der Waals surface area (Å²) in [5, 5.41) is 9.17. The lowest BCUT2D eigenvalue weighted by Crippen LogP contribution is -2.21. The molecule has 0 fully saturated rings. The molecule has 12 heavy (non-hydrogen) atoms. The Morgan fingerprint density at radius 2 is 1.92 bits per heavy atom. The number of aliphatic hydroxyl groups excluding tert-OH is 1. The van der Waals surface area contributed by atoms with Crippen molar-refractivity contribution in [1.29, 1.82) is 0 Å². The molecular weight excluding hydrogens is 174 g/mol. The summed E-state index contributed by atoms with van der Waals surface area (Å²) in [6, 6.07) is 9.27. The smallest absolute Gasteiger partial charge is 0.0965 e. The van der Waals surface area contributed by atoms with Gasteiger partial charge < -0.3 is 10.8 Å². The maximum atomic E-state index is 9.58. The average molecular weight is 186 g/mol. The number of hydrogen-bond acceptors (Lipinski definition) is 2. The fraction of sp³-hybridized carbons (Fsp3) is 0.333. The molecule has 0 bridgehead atoms. The molecule has 3 N–H and O–H groups in total. The minimum atomic E-state index is -0.669. The van der Waals surface area contributed by atoms with E-state index >= 15 is 0 Å². The zero-order valence-electron chi connectivity index (χ0n) is 6.65. The highest BCUT2D eigenvalue weighted by Gasteiger charge is 2.15. The predicted molar refractivity (Wildman–Crippen MR) is 50.1 cm³/mol. The molecule has 0 radical (unpaired) electrons. The molecule has 0 saturated carbocycles. The zero-order valence-corrected chi connectivity index (χ0v) is 7.41. The first-order valence-corrected chi connectivity index (χ1v) is 4.26. The molecule has 1 rings (SSSR count). The summed E-state index contributed by atoms with van der Waals surface area (Å²) in [5.74, 6) is 0. The van der Waals surface area contributed by atoms with Gasteiger partial charge in [-0.25, -0.2) is 0 Å². The van der Waals surface area contributed by atoms with Gasteiger partial charge in [-0.1, -0.05) is 30.3 Å². The number of halogens is 1. The fourth-order valence-corrected chi connectivity index (χ4v) is 1.13. The van der Waals surface area contributed by atoms with E-state index in [9.17, 15) is 5.11 Å². The van der Waals surface area contributed by atoms with Gasteiger partial charge in [-0.15, -0.1) is 11.6 Å². The van der Waals surface area contributed by atoms with Crippen LogP contribution in [0.25, 0.3) is 0 Å². The van der Waals surface area contributed by atoms with Gasteiger partial charge in [0.05, 0.1) is 11.5 Å². The molecular formula is C9H12ClNO. The van der Waals surface area contributed by atoms with E-state index in [0.29, 0.717) is 0 Å². The highest BCUT2D eigenvalue weighted by Crippen LogP contribution is 2.19. The Kier molecular flexibility index (Phi) is 3.53. The summed E-state index contributed by atoms with van der Waals surface area (Å²) in [6.07, 6.45) is -0.669. The van der Waals surface area contributed by atoms with E-state index in [-0.39, 0.29) is 6.54 Å². The van der Waals surface area contributed by atoms with Gasteiger partial charge in [-0.3, -0.25) is 0 Å². The van der Waals surface area contributed by atoms with E-state index in [1.807, 2.05) is 30.3 Å². The van der Waals surface area contributed by atoms with Gasteiger partial charge in [0, 0.05) is 6.54 Å². The molecule has 2 nitrogen and oxygen atoms in total. The average Bonchev–Trinajstić information content (AvgIpc) is 2.17. The van der Waals surface area contributed by atoms with Gasteiger partial charge in [-0.05, 0) is 5.56 Å². The second-order valence-electron chi connectivity index (χ2n) is 2.61. The maximum absolute atomic E-state index is 9.58. The molecule has 3 heteroatoms. The molecule has 0 spiro atoms. The molecule has 0 unspecified atom stereocenters. The SMILES string of the molecule is NC[C@H](Cl)[C@H](O)c1ccccc1. The molecule has 66 valence electrons. The van der Waals surface area contributed by atoms with Crippen molar-refractivity contribution in [3.05, 3.63) is 35.9 Å². The maximum Gasteiger partial charge on any atom is 0.0965 e. The van der Waals surface area contributed by atoms with Crippen LogP contribution in [-0.2, 0) is 0 Å². The molecule has 1 aromatic carbocycles. The summed E-state index contributed by atoms with van der Waals surface area (Å²) < 4.78 is 0. The first-order chi connectivity index (χ1) is 5.75. The quantitative estimate of drug-likeness (QED) is 0.698. The van der Waals surface area contributed by atoms with Gasteiger partial charge >= 0.3 is 0 Å². The fourth-order valence-electron chi connectivity index (χ4n) is 0.988. The molecule has 2 atom stereocenters. The lowest BCUT2D eigenvalue weighted by molar-refractivity contribution is 0.174. The van der Waals surface area contributed by atoms with Crippen LogP contribution in [0.1, 0.15) is 11.7 Å². The highest BCUT2D eigenvalue weighted by molar-refractivity contribution is 6.21. The van der Waals surface area contributed by atoms with Crippen LogP contribution in [0.4, 0.5) is 0 Å². The van der Waals surface area contributed by atoms with Crippen LogP contribution >= 0.6 is 11.6 Å². The Morgan fingerprint density at radius 3 is 2.42 bits per heavy atom. The van der Waals surface area contributed by atoms with Crippen molar-refractivity contribution in [3.8, 4) is 0 Å². The van der Waals surface area contributed by atoms with Crippen LogP contribution in [0.2, 0.25) is 0 Å². The number of alkyl halides is 1. The van der Waals surface area contributed by atoms with Crippen molar-refractivity contribution >= 4 is 11.6 Å². The van der Waals surface area contributed by atoms with Crippen molar-refractivity contribution in [2.24, 2.45) is 5.73 Å². The van der Waals surface area contributed by atoms with Crippen molar-refractivity contribution in [1.82, 2.24) is 0 Å². The van der Waals surface area contributed by atoms with Crippen molar-refractivity contribution < 1.29 is 5.11 Å². The lowest BCUT2D eigenvalue weighted by atomic mass is 10.1. The lowest BCUT2D eigenvalue weighted by Gasteiger charge is -2.14. The zero-order chi connectivity index (χ0) is 8.97. The van der Waals surface area contributed by atoms with Gasteiger partial charge in [0.1, 0.15) is 0 Å². The highest BCUT2D eigenvalue weighted by atomic mass is 35.5. The summed E-state index contributed by atoms with van der Waals surface area (Å²) in [5.41, 5.74) is 6.13. The van der Waals surface area contributed by atoms with Gasteiger partial charge in [0.25, 0.3) is 0 Å². The van der Waals surface area contributed by atoms with Crippen LogP contribution in [0, 0.1) is 0 Å². The topological polar surface area (TPSA) is 46.2 Å². The third kappa shape index (κ3) is 2.21. The molecule has 1 aromatic rings. The van der Waals surface area contributed by atoms with Crippen LogP contribution in [0.15, 0.2) is 30.3 Å². The number of rotatable bonds is 3. The second kappa shape index (κ2) is 4.45. The van der Waals surface area contributed by atoms with Gasteiger partial charge in [0.15, 0.2) is 0 Å². The largest absolute Gasteiger partial charge is 0.387 e. The summed E-state index contributed by atoms with van der Waals surface area (Å²) >= 11 is 5.78. The molecule has 0 heterocycles. The van der Waals surface area contributed by atoms with E-state index in [1.165, 1.54) is 0 Å². The minimum Gasteiger partial charge on any atom is -0.387 e. The molecule has 0 aliphatic heterocycles. The molecule has 0 aliphatic rings. The number of benzene rings is 1. The van der Waals surface area contributed by atoms with Crippen molar-refractivity contribution in [2.45, 2.75) is 11.5 Å². The Hall–Kier alpha value is -0.570. The molecule has 0 saturated heterocycles. The second-order valence-corrected chi connectivity index (χ2v) is 3.17. The number of nitrogens with two attached hydrogens (primary N) is 1. The monoisotopic (exact) mass is 185 g/mol. The van der Waals surface area contributed by atoms with Crippen molar-refractivity contribution in [2.75, 3.05) is 6.54 Å². The van der Waals surface area contributed by atoms with Gasteiger partial charge in [0.2, 0.25) is 0 Å². The third-order valence-electron chi connectivity index (χ3n) is 1.71. The first kappa shape index (κ1) is 9.52. The molecule has 0 aromatic heterocycles. The number of aliphatic hydroxyl groups is 1. The third-order valence-corrected chi connectivity index (χ3v) is 2.13. The van der Waals surface area contributed by atoms with Gasteiger partial charge in [-0.2, -0.15) is 0 Å². The number of hydrogen-bond donors (Lipinski definition) is 2. The van der Waals surface area contributed by atoms with Crippen LogP contribution in [-0.4, -0.2) is 17.0 Å². The summed E-state index contributed by atoms with van der Waals surface area (Å²) in [7, 11) is 0. The Labute approximate surface area is 77.0 Å². The molecule has 0 amide bonds. The normalized spacial score (nSPS) is 15.6. The van der Waals surface area contributed by atoms with E-state index in [4.69, 9.17) is 17.3 Å². The summed E-state index contributed by atoms with van der Waals surface area (Å²) in [4.78, 5) is 0. The Morgan fingerprint density at radius 1 is 1.33 bits per heavy atom. The minimum absolute atomic E-state index is 0.275. The van der Waals surface area contributed by atoms with Crippen LogP contribution in [0.3, 0.4) is 0 Å². The Bertz CT molecular complexity index is 227. The van der Waals surface area contributed by atoms with E-state index in [0.717, 1.165) is 5.56 Å². The van der Waals surface area contributed by atoms with Crippen LogP contribution in [0.5, 0.6) is 0 Å². The predicted octanol–water partition coefficient (Wildman–Crippen LogP) is 1.29. The van der Waals surface area contributed by atoms with E-state index < -0.39 is 11.5 Å². The summed E-state index contributed by atoms with van der Waals surface area (Å²) in [6.45, 7) is 0.275. The molecule has 0 aliphatic carbocycles. The van der Waals surface area contributed by atoms with E-state index in [1.54, 1.807) is 0 Å².